The van der Waals surface area contributed by atoms with Crippen molar-refractivity contribution >= 4 is 5.69 Å². The second-order valence-electron chi connectivity index (χ2n) is 4.62. The van der Waals surface area contributed by atoms with E-state index in [4.69, 9.17) is 9.47 Å². The van der Waals surface area contributed by atoms with Crippen molar-refractivity contribution in [1.29, 1.82) is 0 Å². The van der Waals surface area contributed by atoms with Crippen molar-refractivity contribution in [1.82, 2.24) is 0 Å². The van der Waals surface area contributed by atoms with E-state index < -0.39 is 0 Å². The summed E-state index contributed by atoms with van der Waals surface area (Å²) < 4.78 is 10.6. The maximum Gasteiger partial charge on any atom is 0.161 e. The third kappa shape index (κ3) is 2.12. The molecule has 0 radical (unpaired) electrons. The van der Waals surface area contributed by atoms with Crippen LogP contribution in [0.1, 0.15) is 5.56 Å². The van der Waals surface area contributed by atoms with Crippen molar-refractivity contribution in [3.8, 4) is 22.6 Å². The van der Waals surface area contributed by atoms with Crippen LogP contribution in [0.4, 0.5) is 5.69 Å². The monoisotopic (exact) mass is 255 g/mol. The van der Waals surface area contributed by atoms with Crippen LogP contribution in [-0.2, 0) is 6.42 Å². The molecule has 1 heterocycles. The molecule has 0 spiro atoms. The summed E-state index contributed by atoms with van der Waals surface area (Å²) in [5.41, 5.74) is 4.99. The van der Waals surface area contributed by atoms with Crippen LogP contribution >= 0.6 is 0 Å². The Bertz CT molecular complexity index is 608. The van der Waals surface area contributed by atoms with Crippen molar-refractivity contribution in [3.05, 3.63) is 42.0 Å². The first kappa shape index (κ1) is 11.9. The summed E-state index contributed by atoms with van der Waals surface area (Å²) >= 11 is 0. The van der Waals surface area contributed by atoms with Gasteiger partial charge < -0.3 is 14.8 Å². The van der Waals surface area contributed by atoms with Crippen LogP contribution in [-0.4, -0.2) is 20.8 Å². The van der Waals surface area contributed by atoms with E-state index in [9.17, 15) is 0 Å². The Hall–Kier alpha value is -2.16. The summed E-state index contributed by atoms with van der Waals surface area (Å²) in [5, 5.41) is 3.37. The molecular formula is C16H17NO2. The number of methoxy groups -OCH3 is 2. The first-order valence-electron chi connectivity index (χ1n) is 6.41. The van der Waals surface area contributed by atoms with E-state index in [1.165, 1.54) is 16.8 Å². The lowest BCUT2D eigenvalue weighted by atomic mass is 10.0. The largest absolute Gasteiger partial charge is 0.493 e. The van der Waals surface area contributed by atoms with E-state index in [2.05, 4.69) is 29.6 Å². The highest BCUT2D eigenvalue weighted by Gasteiger charge is 2.12. The van der Waals surface area contributed by atoms with Gasteiger partial charge in [-0.15, -0.1) is 0 Å². The SMILES string of the molecule is COc1ccc(-c2ccc3c(c2)CCN3)cc1OC. The molecule has 98 valence electrons. The first-order chi connectivity index (χ1) is 9.31. The third-order valence-corrected chi connectivity index (χ3v) is 3.53. The molecule has 0 aromatic heterocycles. The fourth-order valence-electron chi connectivity index (χ4n) is 2.50. The van der Waals surface area contributed by atoms with Gasteiger partial charge in [0.25, 0.3) is 0 Å². The van der Waals surface area contributed by atoms with Crippen LogP contribution in [0.25, 0.3) is 11.1 Å². The molecule has 0 saturated carbocycles. The van der Waals surface area contributed by atoms with Gasteiger partial charge in [-0.25, -0.2) is 0 Å². The summed E-state index contributed by atoms with van der Waals surface area (Å²) in [4.78, 5) is 0. The number of ether oxygens (including phenoxy) is 2. The van der Waals surface area contributed by atoms with Crippen LogP contribution in [0.5, 0.6) is 11.5 Å². The Morgan fingerprint density at radius 2 is 1.63 bits per heavy atom. The fourth-order valence-corrected chi connectivity index (χ4v) is 2.50. The first-order valence-corrected chi connectivity index (χ1v) is 6.41. The molecule has 3 heteroatoms. The van der Waals surface area contributed by atoms with Crippen LogP contribution in [0.2, 0.25) is 0 Å². The molecule has 1 N–H and O–H groups in total. The quantitative estimate of drug-likeness (QED) is 0.912. The summed E-state index contributed by atoms with van der Waals surface area (Å²) in [6, 6.07) is 12.6. The Kier molecular flexibility index (Phi) is 3.03. The zero-order valence-electron chi connectivity index (χ0n) is 11.2. The molecule has 0 fully saturated rings. The van der Waals surface area contributed by atoms with Crippen molar-refractivity contribution in [3.63, 3.8) is 0 Å². The van der Waals surface area contributed by atoms with Crippen LogP contribution < -0.4 is 14.8 Å². The van der Waals surface area contributed by atoms with Gasteiger partial charge in [0.2, 0.25) is 0 Å². The molecule has 0 amide bonds. The minimum atomic E-state index is 0.758. The summed E-state index contributed by atoms with van der Waals surface area (Å²) in [7, 11) is 3.31. The molecule has 0 unspecified atom stereocenters. The molecule has 1 aliphatic heterocycles. The lowest BCUT2D eigenvalue weighted by Crippen LogP contribution is -1.91. The van der Waals surface area contributed by atoms with Crippen molar-refractivity contribution in [2.45, 2.75) is 6.42 Å². The highest BCUT2D eigenvalue weighted by atomic mass is 16.5. The number of nitrogens with one attached hydrogen (secondary N) is 1. The maximum absolute atomic E-state index is 5.35. The highest BCUT2D eigenvalue weighted by molar-refractivity contribution is 5.72. The molecule has 0 bridgehead atoms. The van der Waals surface area contributed by atoms with Gasteiger partial charge in [0.15, 0.2) is 11.5 Å². The Labute approximate surface area is 113 Å². The van der Waals surface area contributed by atoms with Gasteiger partial charge >= 0.3 is 0 Å². The normalized spacial score (nSPS) is 12.7. The zero-order chi connectivity index (χ0) is 13.2. The molecule has 3 nitrogen and oxygen atoms in total. The number of benzene rings is 2. The van der Waals surface area contributed by atoms with Crippen molar-refractivity contribution < 1.29 is 9.47 Å². The molecule has 2 aromatic rings. The van der Waals surface area contributed by atoms with E-state index in [1.54, 1.807) is 14.2 Å². The van der Waals surface area contributed by atoms with Gasteiger partial charge in [0.05, 0.1) is 14.2 Å². The fraction of sp³-hybridized carbons (Fsp3) is 0.250. The topological polar surface area (TPSA) is 30.5 Å². The smallest absolute Gasteiger partial charge is 0.161 e. The summed E-state index contributed by atoms with van der Waals surface area (Å²) in [6.07, 6.45) is 1.09. The van der Waals surface area contributed by atoms with Gasteiger partial charge in [-0.3, -0.25) is 0 Å². The third-order valence-electron chi connectivity index (χ3n) is 3.53. The standard InChI is InChI=1S/C16H17NO2/c1-18-15-6-4-12(10-16(15)19-2)11-3-5-14-13(9-11)7-8-17-14/h3-6,9-10,17H,7-8H2,1-2H3. The Balaban J connectivity index is 2.02. The predicted molar refractivity (Wildman–Crippen MR) is 77.2 cm³/mol. The molecule has 0 atom stereocenters. The predicted octanol–water partition coefficient (Wildman–Crippen LogP) is 3.34. The average molecular weight is 255 g/mol. The van der Waals surface area contributed by atoms with E-state index in [0.717, 1.165) is 30.0 Å². The van der Waals surface area contributed by atoms with Crippen molar-refractivity contribution in [2.75, 3.05) is 26.1 Å². The number of rotatable bonds is 3. The van der Waals surface area contributed by atoms with Crippen LogP contribution in [0.15, 0.2) is 36.4 Å². The molecule has 0 saturated heterocycles. The second kappa shape index (κ2) is 4.84. The van der Waals surface area contributed by atoms with Gasteiger partial charge in [-0.05, 0) is 47.4 Å². The number of hydrogen-bond donors (Lipinski definition) is 1. The molecule has 2 aromatic carbocycles. The van der Waals surface area contributed by atoms with Crippen molar-refractivity contribution in [2.24, 2.45) is 0 Å². The number of hydrogen-bond acceptors (Lipinski definition) is 3. The molecular weight excluding hydrogens is 238 g/mol. The second-order valence-corrected chi connectivity index (χ2v) is 4.62. The average Bonchev–Trinajstić information content (AvgIpc) is 2.93. The Morgan fingerprint density at radius 3 is 2.42 bits per heavy atom. The van der Waals surface area contributed by atoms with E-state index >= 15 is 0 Å². The van der Waals surface area contributed by atoms with E-state index in [1.807, 2.05) is 12.1 Å². The zero-order valence-corrected chi connectivity index (χ0v) is 11.2. The van der Waals surface area contributed by atoms with Crippen LogP contribution in [0.3, 0.4) is 0 Å². The Morgan fingerprint density at radius 1 is 0.895 bits per heavy atom. The number of fused-ring (bicyclic) bond motifs is 1. The lowest BCUT2D eigenvalue weighted by Gasteiger charge is -2.10. The van der Waals surface area contributed by atoms with Gasteiger partial charge in [-0.2, -0.15) is 0 Å². The van der Waals surface area contributed by atoms with Gasteiger partial charge in [-0.1, -0.05) is 12.1 Å². The number of anilines is 1. The molecule has 0 aliphatic carbocycles. The van der Waals surface area contributed by atoms with E-state index in [-0.39, 0.29) is 0 Å². The van der Waals surface area contributed by atoms with Gasteiger partial charge in [0, 0.05) is 12.2 Å². The molecule has 19 heavy (non-hydrogen) atoms. The van der Waals surface area contributed by atoms with Crippen LogP contribution in [0, 0.1) is 0 Å². The van der Waals surface area contributed by atoms with Gasteiger partial charge in [0.1, 0.15) is 0 Å². The summed E-state index contributed by atoms with van der Waals surface area (Å²) in [5.74, 6) is 1.52. The minimum absolute atomic E-state index is 0.758. The summed E-state index contributed by atoms with van der Waals surface area (Å²) in [6.45, 7) is 1.03. The molecule has 1 aliphatic rings. The lowest BCUT2D eigenvalue weighted by molar-refractivity contribution is 0.355. The molecule has 3 rings (SSSR count). The minimum Gasteiger partial charge on any atom is -0.493 e. The van der Waals surface area contributed by atoms with E-state index in [0.29, 0.717) is 0 Å². The maximum atomic E-state index is 5.35. The highest BCUT2D eigenvalue weighted by Crippen LogP contribution is 2.34.